The molecule has 1 unspecified atom stereocenters. The van der Waals surface area contributed by atoms with Gasteiger partial charge < -0.3 is 10.4 Å². The van der Waals surface area contributed by atoms with Crippen molar-refractivity contribution in [2.75, 3.05) is 5.75 Å². The van der Waals surface area contributed by atoms with Gasteiger partial charge in [0.05, 0.1) is 11.8 Å². The van der Waals surface area contributed by atoms with Crippen molar-refractivity contribution in [3.8, 4) is 5.88 Å². The molecule has 2 N–H and O–H groups in total. The first-order chi connectivity index (χ1) is 10.4. The Morgan fingerprint density at radius 2 is 2.27 bits per heavy atom. The summed E-state index contributed by atoms with van der Waals surface area (Å²) in [6, 6.07) is 2.93. The van der Waals surface area contributed by atoms with E-state index in [4.69, 9.17) is 0 Å². The van der Waals surface area contributed by atoms with Gasteiger partial charge in [-0.3, -0.25) is 4.79 Å². The maximum atomic E-state index is 12.2. The van der Waals surface area contributed by atoms with Crippen LogP contribution in [0.15, 0.2) is 23.6 Å². The van der Waals surface area contributed by atoms with E-state index in [0.29, 0.717) is 4.83 Å². The second kappa shape index (κ2) is 5.36. The van der Waals surface area contributed by atoms with Crippen molar-refractivity contribution in [1.82, 2.24) is 10.3 Å². The molecule has 2 aromatic heterocycles. The lowest BCUT2D eigenvalue weighted by atomic mass is 10.2. The summed E-state index contributed by atoms with van der Waals surface area (Å²) in [6.07, 6.45) is 2.28. The van der Waals surface area contributed by atoms with Crippen molar-refractivity contribution in [2.45, 2.75) is 19.4 Å². The Bertz CT molecular complexity index is 884. The van der Waals surface area contributed by atoms with Crippen molar-refractivity contribution < 1.29 is 18.3 Å². The van der Waals surface area contributed by atoms with Gasteiger partial charge in [0.15, 0.2) is 9.84 Å². The second-order valence-corrected chi connectivity index (χ2v) is 8.10. The van der Waals surface area contributed by atoms with Crippen molar-refractivity contribution in [3.63, 3.8) is 0 Å². The Morgan fingerprint density at radius 3 is 2.91 bits per heavy atom. The molecule has 8 heteroatoms. The Morgan fingerprint density at radius 1 is 1.50 bits per heavy atom. The number of carbonyl (C=O) groups is 1. The van der Waals surface area contributed by atoms with Gasteiger partial charge in [-0.05, 0) is 24.6 Å². The number of sulfone groups is 1. The third-order valence-corrected chi connectivity index (χ3v) is 5.96. The second-order valence-electron chi connectivity index (χ2n) is 5.06. The summed E-state index contributed by atoms with van der Waals surface area (Å²) < 4.78 is 22.7. The SMILES string of the molecule is CCc1cc2cc(C(=O)NC3C=CS(=O)(=O)C3)c(O)nc2s1. The molecular weight excluding hydrogens is 324 g/mol. The lowest BCUT2D eigenvalue weighted by Crippen LogP contribution is -2.35. The summed E-state index contributed by atoms with van der Waals surface area (Å²) in [5.41, 5.74) is 0.0469. The highest BCUT2D eigenvalue weighted by Crippen LogP contribution is 2.29. The van der Waals surface area contributed by atoms with Gasteiger partial charge in [-0.25, -0.2) is 13.4 Å². The molecule has 3 heterocycles. The average molecular weight is 338 g/mol. The number of fused-ring (bicyclic) bond motifs is 1. The van der Waals surface area contributed by atoms with E-state index in [0.717, 1.165) is 22.1 Å². The van der Waals surface area contributed by atoms with E-state index in [1.165, 1.54) is 17.4 Å². The van der Waals surface area contributed by atoms with E-state index in [2.05, 4.69) is 10.3 Å². The number of thiophene rings is 1. The molecule has 22 heavy (non-hydrogen) atoms. The molecule has 2 aromatic rings. The summed E-state index contributed by atoms with van der Waals surface area (Å²) >= 11 is 1.47. The molecule has 0 fully saturated rings. The fourth-order valence-electron chi connectivity index (χ4n) is 2.27. The predicted molar refractivity (Wildman–Crippen MR) is 84.8 cm³/mol. The molecule has 1 aliphatic heterocycles. The minimum absolute atomic E-state index is 0.0469. The van der Waals surface area contributed by atoms with Gasteiger partial charge in [0.1, 0.15) is 10.4 Å². The summed E-state index contributed by atoms with van der Waals surface area (Å²) in [5.74, 6) is -1.05. The number of hydrogen-bond acceptors (Lipinski definition) is 6. The van der Waals surface area contributed by atoms with Gasteiger partial charge in [0.2, 0.25) is 5.88 Å². The van der Waals surface area contributed by atoms with Gasteiger partial charge in [0, 0.05) is 15.7 Å². The van der Waals surface area contributed by atoms with Crippen molar-refractivity contribution in [1.29, 1.82) is 0 Å². The highest BCUT2D eigenvalue weighted by Gasteiger charge is 2.25. The smallest absolute Gasteiger partial charge is 0.257 e. The van der Waals surface area contributed by atoms with E-state index in [9.17, 15) is 18.3 Å². The van der Waals surface area contributed by atoms with Gasteiger partial charge in [0.25, 0.3) is 5.91 Å². The molecule has 6 nitrogen and oxygen atoms in total. The number of hydrogen-bond donors (Lipinski definition) is 2. The summed E-state index contributed by atoms with van der Waals surface area (Å²) in [6.45, 7) is 2.02. The molecule has 0 aliphatic carbocycles. The van der Waals surface area contributed by atoms with Crippen LogP contribution >= 0.6 is 11.3 Å². The standard InChI is InChI=1S/C14H14N2O4S2/c1-2-10-5-8-6-11(13(18)16-14(8)21-10)12(17)15-9-3-4-22(19,20)7-9/h3-6,9H,2,7H2,1H3,(H,15,17)(H,16,18). The van der Waals surface area contributed by atoms with Crippen LogP contribution in [0.3, 0.4) is 0 Å². The highest BCUT2D eigenvalue weighted by molar-refractivity contribution is 7.94. The fraction of sp³-hybridized carbons (Fsp3) is 0.286. The highest BCUT2D eigenvalue weighted by atomic mass is 32.2. The van der Waals surface area contributed by atoms with E-state index in [-0.39, 0.29) is 17.2 Å². The number of pyridine rings is 1. The van der Waals surface area contributed by atoms with E-state index < -0.39 is 21.8 Å². The topological polar surface area (TPSA) is 96.4 Å². The molecule has 1 atom stereocenters. The lowest BCUT2D eigenvalue weighted by Gasteiger charge is -2.10. The largest absolute Gasteiger partial charge is 0.493 e. The number of nitrogens with one attached hydrogen (secondary N) is 1. The van der Waals surface area contributed by atoms with E-state index in [1.807, 2.05) is 13.0 Å². The van der Waals surface area contributed by atoms with Crippen LogP contribution in [0.4, 0.5) is 0 Å². The Labute approximate surface area is 131 Å². The van der Waals surface area contributed by atoms with Crippen LogP contribution < -0.4 is 5.32 Å². The van der Waals surface area contributed by atoms with Crippen LogP contribution in [0.5, 0.6) is 5.88 Å². The van der Waals surface area contributed by atoms with Crippen LogP contribution in [-0.2, 0) is 16.3 Å². The minimum atomic E-state index is -3.24. The third-order valence-electron chi connectivity index (χ3n) is 3.38. The summed E-state index contributed by atoms with van der Waals surface area (Å²) in [7, 11) is -3.24. The zero-order chi connectivity index (χ0) is 15.9. The van der Waals surface area contributed by atoms with Gasteiger partial charge in [-0.2, -0.15) is 0 Å². The molecule has 0 bridgehead atoms. The zero-order valence-electron chi connectivity index (χ0n) is 11.7. The Kier molecular flexibility index (Phi) is 3.65. The Hall–Kier alpha value is -1.93. The molecule has 0 aromatic carbocycles. The van der Waals surface area contributed by atoms with Gasteiger partial charge in [-0.1, -0.05) is 6.92 Å². The number of rotatable bonds is 3. The monoisotopic (exact) mass is 338 g/mol. The number of aromatic hydroxyl groups is 1. The van der Waals surface area contributed by atoms with E-state index >= 15 is 0 Å². The zero-order valence-corrected chi connectivity index (χ0v) is 13.4. The molecule has 0 saturated heterocycles. The average Bonchev–Trinajstić information content (AvgIpc) is 3.00. The molecule has 0 radical (unpaired) electrons. The van der Waals surface area contributed by atoms with Crippen LogP contribution in [0.2, 0.25) is 0 Å². The quantitative estimate of drug-likeness (QED) is 0.886. The van der Waals surface area contributed by atoms with E-state index in [1.54, 1.807) is 6.07 Å². The molecule has 1 amide bonds. The van der Waals surface area contributed by atoms with Crippen LogP contribution in [-0.4, -0.2) is 36.2 Å². The first-order valence-corrected chi connectivity index (χ1v) is 9.25. The number of nitrogens with zero attached hydrogens (tertiary/aromatic N) is 1. The first-order valence-electron chi connectivity index (χ1n) is 6.72. The van der Waals surface area contributed by atoms with Gasteiger partial charge >= 0.3 is 0 Å². The molecule has 0 spiro atoms. The van der Waals surface area contributed by atoms with Crippen LogP contribution in [0.1, 0.15) is 22.2 Å². The van der Waals surface area contributed by atoms with Crippen molar-refractivity contribution in [3.05, 3.63) is 34.1 Å². The molecular formula is C14H14N2O4S2. The minimum Gasteiger partial charge on any atom is -0.493 e. The third kappa shape index (κ3) is 2.84. The fourth-order valence-corrected chi connectivity index (χ4v) is 4.45. The van der Waals surface area contributed by atoms with Crippen LogP contribution in [0.25, 0.3) is 10.2 Å². The van der Waals surface area contributed by atoms with Crippen molar-refractivity contribution in [2.24, 2.45) is 0 Å². The number of carbonyl (C=O) groups excluding carboxylic acids is 1. The normalized spacial score (nSPS) is 19.6. The van der Waals surface area contributed by atoms with Crippen molar-refractivity contribution >= 4 is 37.3 Å². The maximum absolute atomic E-state index is 12.2. The molecule has 1 aliphatic rings. The first kappa shape index (κ1) is 15.0. The molecule has 0 saturated carbocycles. The summed E-state index contributed by atoms with van der Waals surface area (Å²) in [4.78, 5) is 18.1. The summed E-state index contributed by atoms with van der Waals surface area (Å²) in [5, 5.41) is 14.4. The predicted octanol–water partition coefficient (Wildman–Crippen LogP) is 1.60. The Balaban J connectivity index is 1.87. The maximum Gasteiger partial charge on any atom is 0.257 e. The number of amides is 1. The molecule has 116 valence electrons. The lowest BCUT2D eigenvalue weighted by molar-refractivity contribution is 0.0944. The van der Waals surface area contributed by atoms with Crippen LogP contribution in [0, 0.1) is 0 Å². The van der Waals surface area contributed by atoms with Gasteiger partial charge in [-0.15, -0.1) is 11.3 Å². The number of aromatic nitrogens is 1. The molecule has 3 rings (SSSR count). The number of aryl methyl sites for hydroxylation is 1.